The van der Waals surface area contributed by atoms with E-state index < -0.39 is 0 Å². The van der Waals surface area contributed by atoms with Gasteiger partial charge in [0.15, 0.2) is 0 Å². The minimum absolute atomic E-state index is 0.833. The van der Waals surface area contributed by atoms with Crippen LogP contribution in [0.5, 0.6) is 11.5 Å². The first kappa shape index (κ1) is 16.0. The fourth-order valence-electron chi connectivity index (χ4n) is 3.91. The molecule has 0 atom stereocenters. The molecule has 25 heavy (non-hydrogen) atoms. The summed E-state index contributed by atoms with van der Waals surface area (Å²) < 4.78 is 11.7. The topological polar surface area (TPSA) is 30.5 Å². The molecular weight excluding hydrogens is 310 g/mol. The van der Waals surface area contributed by atoms with Gasteiger partial charge in [-0.25, -0.2) is 0 Å². The minimum atomic E-state index is 0.833. The predicted octanol–water partition coefficient (Wildman–Crippen LogP) is 4.48. The maximum Gasteiger partial charge on any atom is 0.135 e. The van der Waals surface area contributed by atoms with Crippen molar-refractivity contribution in [2.24, 2.45) is 0 Å². The second-order valence-corrected chi connectivity index (χ2v) is 6.53. The van der Waals surface area contributed by atoms with Crippen molar-refractivity contribution < 1.29 is 9.47 Å². The number of rotatable bonds is 3. The van der Waals surface area contributed by atoms with E-state index in [0.29, 0.717) is 0 Å². The molecule has 3 heteroatoms. The zero-order chi connectivity index (χ0) is 17.4. The highest BCUT2D eigenvalue weighted by molar-refractivity contribution is 6.01. The number of hydrogen-bond donors (Lipinski definition) is 1. The summed E-state index contributed by atoms with van der Waals surface area (Å²) >= 11 is 0. The van der Waals surface area contributed by atoms with Crippen LogP contribution in [0.2, 0.25) is 0 Å². The Bertz CT molecular complexity index is 946. The highest BCUT2D eigenvalue weighted by atomic mass is 16.5. The summed E-state index contributed by atoms with van der Waals surface area (Å²) in [5.74, 6) is 1.81. The molecule has 0 aromatic heterocycles. The number of nitrogens with one attached hydrogen (secondary N) is 1. The summed E-state index contributed by atoms with van der Waals surface area (Å²) in [6.07, 6.45) is 0.997. The van der Waals surface area contributed by atoms with Crippen LogP contribution >= 0.6 is 0 Å². The lowest BCUT2D eigenvalue weighted by Gasteiger charge is -2.25. The predicted molar refractivity (Wildman–Crippen MR) is 103 cm³/mol. The Balaban J connectivity index is 2.08. The zero-order valence-corrected chi connectivity index (χ0v) is 15.0. The summed E-state index contributed by atoms with van der Waals surface area (Å²) in [6, 6.07) is 15.1. The summed E-state index contributed by atoms with van der Waals surface area (Å²) in [5.41, 5.74) is 6.03. The quantitative estimate of drug-likeness (QED) is 0.767. The molecule has 1 N–H and O–H groups in total. The van der Waals surface area contributed by atoms with Gasteiger partial charge in [0, 0.05) is 12.1 Å². The Labute approximate surface area is 148 Å². The van der Waals surface area contributed by atoms with Crippen LogP contribution in [0.15, 0.2) is 42.5 Å². The van der Waals surface area contributed by atoms with E-state index in [0.717, 1.165) is 42.1 Å². The molecule has 0 saturated carbocycles. The molecule has 0 amide bonds. The third kappa shape index (κ3) is 2.56. The maximum absolute atomic E-state index is 5.90. The molecule has 0 aliphatic carbocycles. The van der Waals surface area contributed by atoms with Crippen LogP contribution < -0.4 is 14.8 Å². The second-order valence-electron chi connectivity index (χ2n) is 6.53. The molecule has 0 saturated heterocycles. The number of fused-ring (bicyclic) bond motifs is 2. The molecule has 1 aliphatic heterocycles. The van der Waals surface area contributed by atoms with Gasteiger partial charge < -0.3 is 14.8 Å². The lowest BCUT2D eigenvalue weighted by Crippen LogP contribution is -2.24. The van der Waals surface area contributed by atoms with Crippen molar-refractivity contribution in [3.63, 3.8) is 0 Å². The van der Waals surface area contributed by atoms with Crippen molar-refractivity contribution in [1.29, 1.82) is 0 Å². The molecule has 0 unspecified atom stereocenters. The van der Waals surface area contributed by atoms with Gasteiger partial charge in [0.1, 0.15) is 11.5 Å². The van der Waals surface area contributed by atoms with Gasteiger partial charge in [-0.1, -0.05) is 36.4 Å². The third-order valence-corrected chi connectivity index (χ3v) is 5.15. The zero-order valence-electron chi connectivity index (χ0n) is 15.0. The Hall–Kier alpha value is -2.52. The van der Waals surface area contributed by atoms with E-state index in [2.05, 4.69) is 54.7 Å². The summed E-state index contributed by atoms with van der Waals surface area (Å²) in [5, 5.41) is 5.95. The smallest absolute Gasteiger partial charge is 0.135 e. The molecule has 3 aromatic rings. The van der Waals surface area contributed by atoms with E-state index in [1.165, 1.54) is 27.5 Å². The Morgan fingerprint density at radius 3 is 2.56 bits per heavy atom. The fraction of sp³-hybridized carbons (Fsp3) is 0.273. The van der Waals surface area contributed by atoms with Crippen molar-refractivity contribution in [2.75, 3.05) is 20.8 Å². The van der Waals surface area contributed by atoms with Gasteiger partial charge in [0.05, 0.1) is 19.8 Å². The lowest BCUT2D eigenvalue weighted by atomic mass is 9.90. The molecule has 0 bridgehead atoms. The van der Waals surface area contributed by atoms with E-state index in [1.807, 2.05) is 0 Å². The van der Waals surface area contributed by atoms with Gasteiger partial charge in [-0.15, -0.1) is 0 Å². The van der Waals surface area contributed by atoms with E-state index in [1.54, 1.807) is 14.2 Å². The monoisotopic (exact) mass is 333 g/mol. The molecule has 0 radical (unpaired) electrons. The lowest BCUT2D eigenvalue weighted by molar-refractivity contribution is 0.389. The molecular formula is C22H23NO2. The standard InChI is InChI=1S/C22H23NO2/c1-14-6-4-8-17-16(14)7-5-9-18(17)21-20(24-2)12-15-10-11-23-13-19(15)22(21)25-3/h4-9,12,23H,10-11,13H2,1-3H3. The molecule has 0 spiro atoms. The van der Waals surface area contributed by atoms with E-state index in [-0.39, 0.29) is 0 Å². The highest BCUT2D eigenvalue weighted by Crippen LogP contribution is 2.45. The first-order valence-corrected chi connectivity index (χ1v) is 8.70. The van der Waals surface area contributed by atoms with Crippen LogP contribution in [0.3, 0.4) is 0 Å². The second kappa shape index (κ2) is 6.41. The van der Waals surface area contributed by atoms with Crippen molar-refractivity contribution in [3.8, 4) is 22.6 Å². The van der Waals surface area contributed by atoms with E-state index in [4.69, 9.17) is 9.47 Å². The summed E-state index contributed by atoms with van der Waals surface area (Å²) in [4.78, 5) is 0. The van der Waals surface area contributed by atoms with Gasteiger partial charge in [-0.3, -0.25) is 0 Å². The van der Waals surface area contributed by atoms with Gasteiger partial charge in [-0.2, -0.15) is 0 Å². The Kier molecular flexibility index (Phi) is 4.10. The van der Waals surface area contributed by atoms with Gasteiger partial charge >= 0.3 is 0 Å². The largest absolute Gasteiger partial charge is 0.496 e. The molecule has 3 aromatic carbocycles. The van der Waals surface area contributed by atoms with Crippen LogP contribution in [0.4, 0.5) is 0 Å². The number of aryl methyl sites for hydroxylation is 1. The number of methoxy groups -OCH3 is 2. The SMILES string of the molecule is COc1cc2c(c(OC)c1-c1cccc3c(C)cccc13)CNCC2. The van der Waals surface area contributed by atoms with Crippen molar-refractivity contribution in [3.05, 3.63) is 59.2 Å². The average molecular weight is 333 g/mol. The van der Waals surface area contributed by atoms with Crippen LogP contribution in [-0.2, 0) is 13.0 Å². The molecule has 1 aliphatic rings. The van der Waals surface area contributed by atoms with Gasteiger partial charge in [0.2, 0.25) is 0 Å². The van der Waals surface area contributed by atoms with Crippen LogP contribution in [0.1, 0.15) is 16.7 Å². The number of benzene rings is 3. The summed E-state index contributed by atoms with van der Waals surface area (Å²) in [7, 11) is 3.49. The van der Waals surface area contributed by atoms with Gasteiger partial charge in [0.25, 0.3) is 0 Å². The van der Waals surface area contributed by atoms with Crippen LogP contribution in [0, 0.1) is 6.92 Å². The molecule has 0 fully saturated rings. The summed E-state index contributed by atoms with van der Waals surface area (Å²) in [6.45, 7) is 3.97. The van der Waals surface area contributed by atoms with Crippen molar-refractivity contribution in [2.45, 2.75) is 19.9 Å². The highest BCUT2D eigenvalue weighted by Gasteiger charge is 2.23. The minimum Gasteiger partial charge on any atom is -0.496 e. The molecule has 128 valence electrons. The Morgan fingerprint density at radius 1 is 0.960 bits per heavy atom. The first-order chi connectivity index (χ1) is 12.2. The van der Waals surface area contributed by atoms with Crippen LogP contribution in [0.25, 0.3) is 21.9 Å². The van der Waals surface area contributed by atoms with E-state index >= 15 is 0 Å². The van der Waals surface area contributed by atoms with E-state index in [9.17, 15) is 0 Å². The third-order valence-electron chi connectivity index (χ3n) is 5.15. The van der Waals surface area contributed by atoms with Crippen molar-refractivity contribution >= 4 is 10.8 Å². The molecule has 3 nitrogen and oxygen atoms in total. The fourth-order valence-corrected chi connectivity index (χ4v) is 3.91. The number of ether oxygens (including phenoxy) is 2. The molecule has 1 heterocycles. The van der Waals surface area contributed by atoms with Crippen LogP contribution in [-0.4, -0.2) is 20.8 Å². The maximum atomic E-state index is 5.90. The first-order valence-electron chi connectivity index (χ1n) is 8.70. The van der Waals surface area contributed by atoms with Gasteiger partial charge in [-0.05, 0) is 53.4 Å². The molecule has 4 rings (SSSR count). The normalized spacial score (nSPS) is 13.6. The van der Waals surface area contributed by atoms with Crippen molar-refractivity contribution in [1.82, 2.24) is 5.32 Å². The average Bonchev–Trinajstić information content (AvgIpc) is 2.66. The number of hydrogen-bond acceptors (Lipinski definition) is 3. The Morgan fingerprint density at radius 2 is 1.76 bits per heavy atom.